The van der Waals surface area contributed by atoms with Crippen LogP contribution in [0.3, 0.4) is 0 Å². The number of rotatable bonds is 7. The van der Waals surface area contributed by atoms with Crippen LogP contribution in [0.2, 0.25) is 0 Å². The van der Waals surface area contributed by atoms with Gasteiger partial charge in [0.05, 0.1) is 6.61 Å². The van der Waals surface area contributed by atoms with E-state index >= 15 is 0 Å². The number of pyridine rings is 1. The average Bonchev–Trinajstić information content (AvgIpc) is 2.88. The van der Waals surface area contributed by atoms with Crippen LogP contribution >= 0.6 is 0 Å². The molecule has 0 aliphatic carbocycles. The van der Waals surface area contributed by atoms with E-state index in [1.807, 2.05) is 18.5 Å². The second-order valence-corrected chi connectivity index (χ2v) is 4.69. The Kier molecular flexibility index (Phi) is 5.46. The van der Waals surface area contributed by atoms with Crippen molar-refractivity contribution in [3.8, 4) is 0 Å². The van der Waals surface area contributed by atoms with Crippen LogP contribution in [0.5, 0.6) is 0 Å². The lowest BCUT2D eigenvalue weighted by molar-refractivity contribution is 0.113. The molecule has 1 fully saturated rings. The quantitative estimate of drug-likeness (QED) is 0.734. The van der Waals surface area contributed by atoms with Gasteiger partial charge in [0.2, 0.25) is 0 Å². The Morgan fingerprint density at radius 2 is 2.41 bits per heavy atom. The molecule has 1 N–H and O–H groups in total. The third kappa shape index (κ3) is 4.84. The van der Waals surface area contributed by atoms with Gasteiger partial charge >= 0.3 is 0 Å². The molecule has 17 heavy (non-hydrogen) atoms. The molecular weight excluding hydrogens is 212 g/mol. The summed E-state index contributed by atoms with van der Waals surface area (Å²) in [5.41, 5.74) is 1.32. The maximum absolute atomic E-state index is 5.68. The highest BCUT2D eigenvalue weighted by molar-refractivity contribution is 5.08. The molecule has 94 valence electrons. The fourth-order valence-corrected chi connectivity index (χ4v) is 2.20. The van der Waals surface area contributed by atoms with Gasteiger partial charge in [0.1, 0.15) is 0 Å². The summed E-state index contributed by atoms with van der Waals surface area (Å²) < 4.78 is 5.68. The minimum absolute atomic E-state index is 0.605. The molecule has 1 aromatic rings. The molecule has 3 nitrogen and oxygen atoms in total. The van der Waals surface area contributed by atoms with E-state index < -0.39 is 0 Å². The normalized spacial score (nSPS) is 19.6. The van der Waals surface area contributed by atoms with E-state index in [1.54, 1.807) is 0 Å². The molecule has 1 aliphatic rings. The van der Waals surface area contributed by atoms with Crippen LogP contribution in [-0.2, 0) is 11.2 Å². The van der Waals surface area contributed by atoms with Gasteiger partial charge in [-0.15, -0.1) is 0 Å². The highest BCUT2D eigenvalue weighted by atomic mass is 16.5. The van der Waals surface area contributed by atoms with Crippen LogP contribution in [-0.4, -0.2) is 30.8 Å². The van der Waals surface area contributed by atoms with Gasteiger partial charge in [-0.05, 0) is 50.3 Å². The highest BCUT2D eigenvalue weighted by Gasteiger charge is 2.13. The minimum atomic E-state index is 0.605. The van der Waals surface area contributed by atoms with E-state index in [9.17, 15) is 0 Å². The first kappa shape index (κ1) is 12.5. The Morgan fingerprint density at radius 1 is 1.41 bits per heavy atom. The Morgan fingerprint density at radius 3 is 3.18 bits per heavy atom. The van der Waals surface area contributed by atoms with Crippen molar-refractivity contribution < 1.29 is 4.74 Å². The van der Waals surface area contributed by atoms with E-state index in [4.69, 9.17) is 4.74 Å². The summed E-state index contributed by atoms with van der Waals surface area (Å²) in [6, 6.07) is 4.74. The lowest BCUT2D eigenvalue weighted by Gasteiger charge is -2.10. The van der Waals surface area contributed by atoms with Crippen molar-refractivity contribution in [2.45, 2.75) is 38.1 Å². The summed E-state index contributed by atoms with van der Waals surface area (Å²) in [5, 5.41) is 3.44. The fourth-order valence-electron chi connectivity index (χ4n) is 2.20. The number of nitrogens with one attached hydrogen (secondary N) is 1. The van der Waals surface area contributed by atoms with Crippen LogP contribution in [0.25, 0.3) is 0 Å². The molecule has 1 saturated heterocycles. The van der Waals surface area contributed by atoms with Crippen molar-refractivity contribution in [3.05, 3.63) is 30.1 Å². The Labute approximate surface area is 104 Å². The second kappa shape index (κ2) is 7.41. The first-order valence-electron chi connectivity index (χ1n) is 6.65. The first-order valence-corrected chi connectivity index (χ1v) is 6.65. The summed E-state index contributed by atoms with van der Waals surface area (Å²) in [6.45, 7) is 2.93. The molecule has 0 spiro atoms. The maximum Gasteiger partial charge on any atom is 0.0619 e. The number of ether oxygens (including phenoxy) is 1. The van der Waals surface area contributed by atoms with Crippen LogP contribution in [0.15, 0.2) is 24.5 Å². The molecule has 0 aromatic carbocycles. The van der Waals surface area contributed by atoms with Gasteiger partial charge in [-0.2, -0.15) is 0 Å². The maximum atomic E-state index is 5.68. The van der Waals surface area contributed by atoms with Gasteiger partial charge in [0.25, 0.3) is 0 Å². The largest absolute Gasteiger partial charge is 0.380 e. The molecule has 0 amide bonds. The summed E-state index contributed by atoms with van der Waals surface area (Å²) in [7, 11) is 0. The number of hydrogen-bond donors (Lipinski definition) is 1. The zero-order valence-corrected chi connectivity index (χ0v) is 10.4. The molecule has 0 saturated carbocycles. The zero-order chi connectivity index (χ0) is 11.8. The van der Waals surface area contributed by atoms with Crippen LogP contribution in [0.4, 0.5) is 0 Å². The SMILES string of the molecule is c1cncc(CCCCOCC2CCCN2)c1. The number of hydrogen-bond acceptors (Lipinski definition) is 3. The number of aromatic nitrogens is 1. The highest BCUT2D eigenvalue weighted by Crippen LogP contribution is 2.06. The molecule has 1 aromatic heterocycles. The van der Waals surface area contributed by atoms with Gasteiger partial charge in [-0.25, -0.2) is 0 Å². The van der Waals surface area contributed by atoms with E-state index in [-0.39, 0.29) is 0 Å². The second-order valence-electron chi connectivity index (χ2n) is 4.69. The van der Waals surface area contributed by atoms with E-state index in [1.165, 1.54) is 24.8 Å². The van der Waals surface area contributed by atoms with E-state index in [0.717, 1.165) is 32.6 Å². The average molecular weight is 234 g/mol. The third-order valence-electron chi connectivity index (χ3n) is 3.21. The number of unbranched alkanes of at least 4 members (excludes halogenated alkanes) is 1. The van der Waals surface area contributed by atoms with E-state index in [0.29, 0.717) is 6.04 Å². The first-order chi connectivity index (χ1) is 8.45. The Bertz CT molecular complexity index is 296. The van der Waals surface area contributed by atoms with Gasteiger partial charge in [0, 0.05) is 25.0 Å². The van der Waals surface area contributed by atoms with Crippen LogP contribution in [0, 0.1) is 0 Å². The molecule has 1 aliphatic heterocycles. The van der Waals surface area contributed by atoms with E-state index in [2.05, 4.69) is 16.4 Å². The van der Waals surface area contributed by atoms with Crippen molar-refractivity contribution in [3.63, 3.8) is 0 Å². The van der Waals surface area contributed by atoms with Gasteiger partial charge < -0.3 is 10.1 Å². The molecule has 0 bridgehead atoms. The summed E-state index contributed by atoms with van der Waals surface area (Å²) in [6.07, 6.45) is 9.78. The van der Waals surface area contributed by atoms with Gasteiger partial charge in [0.15, 0.2) is 0 Å². The predicted molar refractivity (Wildman–Crippen MR) is 69.0 cm³/mol. The molecular formula is C14H22N2O. The topological polar surface area (TPSA) is 34.1 Å². The smallest absolute Gasteiger partial charge is 0.0619 e. The van der Waals surface area contributed by atoms with Crippen LogP contribution < -0.4 is 5.32 Å². The Balaban J connectivity index is 1.46. The van der Waals surface area contributed by atoms with Crippen molar-refractivity contribution >= 4 is 0 Å². The molecule has 2 heterocycles. The lowest BCUT2D eigenvalue weighted by atomic mass is 10.1. The zero-order valence-electron chi connectivity index (χ0n) is 10.4. The van der Waals surface area contributed by atoms with Crippen molar-refractivity contribution in [2.24, 2.45) is 0 Å². The van der Waals surface area contributed by atoms with Crippen molar-refractivity contribution in [1.29, 1.82) is 0 Å². The molecule has 1 unspecified atom stereocenters. The minimum Gasteiger partial charge on any atom is -0.380 e. The van der Waals surface area contributed by atoms with Crippen molar-refractivity contribution in [1.82, 2.24) is 10.3 Å². The lowest BCUT2D eigenvalue weighted by Crippen LogP contribution is -2.26. The number of aryl methyl sites for hydroxylation is 1. The molecule has 1 atom stereocenters. The Hall–Kier alpha value is -0.930. The molecule has 3 heteroatoms. The monoisotopic (exact) mass is 234 g/mol. The molecule has 2 rings (SSSR count). The van der Waals surface area contributed by atoms with Crippen molar-refractivity contribution in [2.75, 3.05) is 19.8 Å². The van der Waals surface area contributed by atoms with Crippen LogP contribution in [0.1, 0.15) is 31.2 Å². The molecule has 0 radical (unpaired) electrons. The van der Waals surface area contributed by atoms with Gasteiger partial charge in [-0.1, -0.05) is 6.07 Å². The summed E-state index contributed by atoms with van der Waals surface area (Å²) in [5.74, 6) is 0. The standard InChI is InChI=1S/C14H22N2O/c1(5-13-6-3-8-15-11-13)2-10-17-12-14-7-4-9-16-14/h3,6,8,11,14,16H,1-2,4-5,7,9-10,12H2. The summed E-state index contributed by atoms with van der Waals surface area (Å²) in [4.78, 5) is 4.11. The number of nitrogens with zero attached hydrogens (tertiary/aromatic N) is 1. The summed E-state index contributed by atoms with van der Waals surface area (Å²) >= 11 is 0. The fraction of sp³-hybridized carbons (Fsp3) is 0.643. The third-order valence-corrected chi connectivity index (χ3v) is 3.21. The van der Waals surface area contributed by atoms with Gasteiger partial charge in [-0.3, -0.25) is 4.98 Å². The predicted octanol–water partition coefficient (Wildman–Crippen LogP) is 2.17.